The van der Waals surface area contributed by atoms with Crippen LogP contribution in [0.2, 0.25) is 0 Å². The van der Waals surface area contributed by atoms with E-state index in [0.29, 0.717) is 13.2 Å². The Kier molecular flexibility index (Phi) is 5.08. The smallest absolute Gasteiger partial charge is 0.409 e. The summed E-state index contributed by atoms with van der Waals surface area (Å²) in [4.78, 5) is 20.6. The van der Waals surface area contributed by atoms with Crippen molar-refractivity contribution in [3.8, 4) is 0 Å². The first-order valence-corrected chi connectivity index (χ1v) is 8.63. The van der Waals surface area contributed by atoms with Gasteiger partial charge >= 0.3 is 6.09 Å². The predicted molar refractivity (Wildman–Crippen MR) is 99.8 cm³/mol. The fraction of sp³-hybridized carbons (Fsp3) is 0.421. The Hall–Kier alpha value is -2.67. The first-order valence-electron chi connectivity index (χ1n) is 8.63. The minimum Gasteiger partial charge on any atom is -0.444 e. The number of fused-ring (bicyclic) bond motifs is 3. The van der Waals surface area contributed by atoms with Crippen LogP contribution in [0.3, 0.4) is 0 Å². The molecule has 0 aliphatic heterocycles. The zero-order valence-electron chi connectivity index (χ0n) is 15.5. The van der Waals surface area contributed by atoms with Crippen LogP contribution < -0.4 is 5.32 Å². The zero-order chi connectivity index (χ0) is 18.7. The molecule has 0 saturated carbocycles. The molecule has 0 bridgehead atoms. The maximum Gasteiger partial charge on any atom is 0.409 e. The van der Waals surface area contributed by atoms with Gasteiger partial charge in [0.15, 0.2) is 0 Å². The summed E-state index contributed by atoms with van der Waals surface area (Å²) in [6, 6.07) is 7.98. The van der Waals surface area contributed by atoms with E-state index < -0.39 is 17.9 Å². The summed E-state index contributed by atoms with van der Waals surface area (Å²) in [5, 5.41) is 3.72. The third-order valence-corrected chi connectivity index (χ3v) is 3.77. The summed E-state index contributed by atoms with van der Waals surface area (Å²) in [7, 11) is 0. The molecule has 3 rings (SSSR count). The number of nitrogens with one attached hydrogen (secondary N) is 1. The number of pyridine rings is 1. The number of alkyl carbamates (subject to hydrolysis) is 1. The summed E-state index contributed by atoms with van der Waals surface area (Å²) in [6.07, 6.45) is 2.63. The van der Waals surface area contributed by atoms with E-state index in [1.54, 1.807) is 19.4 Å². The largest absolute Gasteiger partial charge is 0.444 e. The number of para-hydroxylation sites is 1. The maximum atomic E-state index is 11.7. The van der Waals surface area contributed by atoms with Crippen LogP contribution in [0.4, 0.5) is 4.79 Å². The zero-order valence-corrected chi connectivity index (χ0v) is 15.5. The SMILES string of the molecule is CC(NC(=O)OC(C)(C)C)OCCn1cnc2cnc3ccccc3c21. The summed E-state index contributed by atoms with van der Waals surface area (Å²) in [6.45, 7) is 8.28. The van der Waals surface area contributed by atoms with Gasteiger partial charge in [0, 0.05) is 11.9 Å². The molecule has 0 fully saturated rings. The highest BCUT2D eigenvalue weighted by Crippen LogP contribution is 2.22. The Morgan fingerprint density at radius 3 is 2.77 bits per heavy atom. The fourth-order valence-electron chi connectivity index (χ4n) is 2.71. The van der Waals surface area contributed by atoms with E-state index in [9.17, 15) is 4.79 Å². The van der Waals surface area contributed by atoms with Gasteiger partial charge in [-0.3, -0.25) is 10.3 Å². The summed E-state index contributed by atoms with van der Waals surface area (Å²) in [5.74, 6) is 0. The van der Waals surface area contributed by atoms with Crippen molar-refractivity contribution in [3.05, 3.63) is 36.8 Å². The number of ether oxygens (including phenoxy) is 2. The molecule has 7 heteroatoms. The van der Waals surface area contributed by atoms with Gasteiger partial charge in [0.05, 0.1) is 30.2 Å². The molecule has 0 spiro atoms. The van der Waals surface area contributed by atoms with Gasteiger partial charge in [0.25, 0.3) is 0 Å². The van der Waals surface area contributed by atoms with Gasteiger partial charge in [-0.15, -0.1) is 0 Å². The van der Waals surface area contributed by atoms with Gasteiger partial charge in [-0.25, -0.2) is 9.78 Å². The van der Waals surface area contributed by atoms with E-state index in [0.717, 1.165) is 21.9 Å². The minimum absolute atomic E-state index is 0.430. The lowest BCUT2D eigenvalue weighted by atomic mass is 10.2. The van der Waals surface area contributed by atoms with Crippen LogP contribution in [0.25, 0.3) is 21.9 Å². The average molecular weight is 356 g/mol. The van der Waals surface area contributed by atoms with Gasteiger partial charge < -0.3 is 14.0 Å². The Labute approximate surface area is 152 Å². The Morgan fingerprint density at radius 2 is 2.00 bits per heavy atom. The lowest BCUT2D eigenvalue weighted by Gasteiger charge is -2.22. The van der Waals surface area contributed by atoms with Crippen LogP contribution in [-0.4, -0.2) is 39.1 Å². The van der Waals surface area contributed by atoms with Crippen LogP contribution >= 0.6 is 0 Å². The summed E-state index contributed by atoms with van der Waals surface area (Å²) in [5.41, 5.74) is 2.28. The average Bonchev–Trinajstić information content (AvgIpc) is 2.96. The molecular weight excluding hydrogens is 332 g/mol. The Balaban J connectivity index is 1.62. The molecule has 1 N–H and O–H groups in total. The van der Waals surface area contributed by atoms with Crippen molar-refractivity contribution in [1.29, 1.82) is 0 Å². The molecule has 2 heterocycles. The first kappa shape index (κ1) is 18.1. The fourth-order valence-corrected chi connectivity index (χ4v) is 2.71. The second kappa shape index (κ2) is 7.29. The number of aromatic nitrogens is 3. The topological polar surface area (TPSA) is 78.3 Å². The van der Waals surface area contributed by atoms with Crippen LogP contribution in [0.5, 0.6) is 0 Å². The molecule has 1 unspecified atom stereocenters. The number of carbonyl (C=O) groups excluding carboxylic acids is 1. The third kappa shape index (κ3) is 4.29. The lowest BCUT2D eigenvalue weighted by Crippen LogP contribution is -2.39. The highest BCUT2D eigenvalue weighted by atomic mass is 16.6. The number of hydrogen-bond donors (Lipinski definition) is 1. The Morgan fingerprint density at radius 1 is 1.23 bits per heavy atom. The van der Waals surface area contributed by atoms with E-state index in [-0.39, 0.29) is 0 Å². The normalized spacial score (nSPS) is 13.1. The maximum absolute atomic E-state index is 11.7. The molecule has 3 aromatic rings. The van der Waals surface area contributed by atoms with Crippen LogP contribution in [0.1, 0.15) is 27.7 Å². The third-order valence-electron chi connectivity index (χ3n) is 3.77. The second-order valence-electron chi connectivity index (χ2n) is 7.11. The lowest BCUT2D eigenvalue weighted by molar-refractivity contribution is 0.0113. The summed E-state index contributed by atoms with van der Waals surface area (Å²) >= 11 is 0. The number of benzene rings is 1. The molecule has 0 aliphatic carbocycles. The number of hydrogen-bond acceptors (Lipinski definition) is 5. The highest BCUT2D eigenvalue weighted by Gasteiger charge is 2.17. The second-order valence-corrected chi connectivity index (χ2v) is 7.11. The quantitative estimate of drug-likeness (QED) is 0.708. The van der Waals surface area contributed by atoms with E-state index >= 15 is 0 Å². The van der Waals surface area contributed by atoms with Crippen LogP contribution in [0.15, 0.2) is 36.8 Å². The van der Waals surface area contributed by atoms with Crippen molar-refractivity contribution in [1.82, 2.24) is 19.9 Å². The van der Waals surface area contributed by atoms with Gasteiger partial charge in [0.1, 0.15) is 17.3 Å². The van der Waals surface area contributed by atoms with Crippen molar-refractivity contribution in [2.24, 2.45) is 0 Å². The molecule has 7 nitrogen and oxygen atoms in total. The molecule has 0 saturated heterocycles. The van der Waals surface area contributed by atoms with Crippen molar-refractivity contribution in [2.45, 2.75) is 46.1 Å². The van der Waals surface area contributed by atoms with Crippen LogP contribution in [0, 0.1) is 0 Å². The van der Waals surface area contributed by atoms with E-state index in [2.05, 4.69) is 15.3 Å². The van der Waals surface area contributed by atoms with Crippen molar-refractivity contribution < 1.29 is 14.3 Å². The van der Waals surface area contributed by atoms with Gasteiger partial charge in [-0.1, -0.05) is 18.2 Å². The molecule has 26 heavy (non-hydrogen) atoms. The predicted octanol–water partition coefficient (Wildman–Crippen LogP) is 3.47. The molecule has 1 aromatic carbocycles. The van der Waals surface area contributed by atoms with Gasteiger partial charge in [-0.2, -0.15) is 0 Å². The van der Waals surface area contributed by atoms with Crippen LogP contribution in [-0.2, 0) is 16.0 Å². The molecule has 2 aromatic heterocycles. The van der Waals surface area contributed by atoms with E-state index in [1.807, 2.05) is 49.6 Å². The molecule has 1 amide bonds. The number of rotatable bonds is 5. The molecule has 1 atom stereocenters. The van der Waals surface area contributed by atoms with E-state index in [4.69, 9.17) is 9.47 Å². The van der Waals surface area contributed by atoms with Gasteiger partial charge in [-0.05, 0) is 33.8 Å². The number of amides is 1. The molecule has 0 aliphatic rings. The molecule has 0 radical (unpaired) electrons. The van der Waals surface area contributed by atoms with Gasteiger partial charge in [0.2, 0.25) is 0 Å². The monoisotopic (exact) mass is 356 g/mol. The minimum atomic E-state index is -0.533. The van der Waals surface area contributed by atoms with Crippen molar-refractivity contribution in [2.75, 3.05) is 6.61 Å². The number of imidazole rings is 1. The molecule has 138 valence electrons. The highest BCUT2D eigenvalue weighted by molar-refractivity contribution is 6.01. The number of carbonyl (C=O) groups is 1. The first-order chi connectivity index (χ1) is 12.3. The summed E-state index contributed by atoms with van der Waals surface area (Å²) < 4.78 is 12.9. The standard InChI is InChI=1S/C19H24N4O3/c1-13(22-18(24)26-19(2,3)4)25-10-9-23-12-21-16-11-20-15-8-6-5-7-14(15)17(16)23/h5-8,11-13H,9-10H2,1-4H3,(H,22,24). The van der Waals surface area contributed by atoms with E-state index in [1.165, 1.54) is 0 Å². The van der Waals surface area contributed by atoms with Crippen molar-refractivity contribution >= 4 is 28.0 Å². The van der Waals surface area contributed by atoms with Crippen molar-refractivity contribution in [3.63, 3.8) is 0 Å². The molecular formula is C19H24N4O3. The Bertz CT molecular complexity index is 914. The number of nitrogens with zero attached hydrogens (tertiary/aromatic N) is 3.